The smallest absolute Gasteiger partial charge is 0.0431 e. The fourth-order valence-electron chi connectivity index (χ4n) is 3.82. The van der Waals surface area contributed by atoms with Gasteiger partial charge in [0.05, 0.1) is 0 Å². The minimum atomic E-state index is 0.278. The quantitative estimate of drug-likeness (QED) is 0.513. The second kappa shape index (κ2) is 10.1. The molecule has 140 valence electrons. The van der Waals surface area contributed by atoms with Crippen molar-refractivity contribution in [1.82, 2.24) is 4.98 Å². The zero-order valence-corrected chi connectivity index (χ0v) is 16.3. The molecule has 1 heterocycles. The molecule has 0 bridgehead atoms. The number of aliphatic hydroxyl groups excluding tert-OH is 1. The Labute approximate surface area is 161 Å². The first-order chi connectivity index (χ1) is 12.8. The summed E-state index contributed by atoms with van der Waals surface area (Å²) in [5.74, 6) is 2.33. The fourth-order valence-corrected chi connectivity index (χ4v) is 4.84. The van der Waals surface area contributed by atoms with Crippen LogP contribution in [0, 0.1) is 5.92 Å². The number of hydrogen-bond donors (Lipinski definition) is 2. The van der Waals surface area contributed by atoms with E-state index in [1.165, 1.54) is 46.6 Å². The van der Waals surface area contributed by atoms with Crippen molar-refractivity contribution in [3.63, 3.8) is 0 Å². The molecule has 1 aliphatic rings. The Hall–Kier alpha value is -1.36. The highest BCUT2D eigenvalue weighted by atomic mass is 32.2. The number of benzene rings is 1. The second-order valence-corrected chi connectivity index (χ2v) is 8.38. The monoisotopic (exact) mass is 370 g/mol. The van der Waals surface area contributed by atoms with Crippen molar-refractivity contribution in [1.29, 1.82) is 0 Å². The molecule has 26 heavy (non-hydrogen) atoms. The van der Waals surface area contributed by atoms with Crippen LogP contribution in [0.1, 0.15) is 48.3 Å². The maximum atomic E-state index is 8.99. The lowest BCUT2D eigenvalue weighted by atomic mass is 9.82. The Kier molecular flexibility index (Phi) is 7.54. The molecule has 0 amide bonds. The van der Waals surface area contributed by atoms with Crippen molar-refractivity contribution < 1.29 is 5.11 Å². The molecule has 1 aliphatic carbocycles. The van der Waals surface area contributed by atoms with Gasteiger partial charge in [-0.15, -0.1) is 11.8 Å². The van der Waals surface area contributed by atoms with E-state index in [4.69, 9.17) is 10.8 Å². The lowest BCUT2D eigenvalue weighted by Crippen LogP contribution is -2.18. The number of pyridine rings is 1. The molecule has 0 aliphatic heterocycles. The SMILES string of the molecule is NC[C@H](CCCCO)c1ccc2c(c1)CC[C@@H](CSc1cccnc1)C2. The summed E-state index contributed by atoms with van der Waals surface area (Å²) in [5, 5.41) is 8.99. The van der Waals surface area contributed by atoms with Crippen LogP contribution in [0.15, 0.2) is 47.6 Å². The first-order valence-corrected chi connectivity index (χ1v) is 10.7. The topological polar surface area (TPSA) is 59.1 Å². The largest absolute Gasteiger partial charge is 0.396 e. The Morgan fingerprint density at radius 1 is 1.23 bits per heavy atom. The van der Waals surface area contributed by atoms with Gasteiger partial charge in [-0.2, -0.15) is 0 Å². The third kappa shape index (κ3) is 5.32. The average molecular weight is 371 g/mol. The Balaban J connectivity index is 1.58. The number of fused-ring (bicyclic) bond motifs is 1. The molecule has 0 unspecified atom stereocenters. The molecular formula is C22H30N2OS. The summed E-state index contributed by atoms with van der Waals surface area (Å²) in [7, 11) is 0. The first kappa shape index (κ1) is 19.4. The number of rotatable bonds is 9. The van der Waals surface area contributed by atoms with Crippen molar-refractivity contribution >= 4 is 11.8 Å². The molecule has 2 atom stereocenters. The summed E-state index contributed by atoms with van der Waals surface area (Å²) in [4.78, 5) is 5.47. The highest BCUT2D eigenvalue weighted by Gasteiger charge is 2.20. The van der Waals surface area contributed by atoms with Crippen molar-refractivity contribution in [2.24, 2.45) is 11.7 Å². The molecule has 0 radical (unpaired) electrons. The van der Waals surface area contributed by atoms with E-state index in [2.05, 4.69) is 29.2 Å². The van der Waals surface area contributed by atoms with Crippen LogP contribution >= 0.6 is 11.8 Å². The normalized spacial score (nSPS) is 17.7. The zero-order chi connectivity index (χ0) is 18.2. The minimum Gasteiger partial charge on any atom is -0.396 e. The highest BCUT2D eigenvalue weighted by molar-refractivity contribution is 7.99. The lowest BCUT2D eigenvalue weighted by molar-refractivity contribution is 0.281. The molecule has 2 aromatic rings. The van der Waals surface area contributed by atoms with E-state index in [0.29, 0.717) is 12.5 Å². The van der Waals surface area contributed by atoms with Crippen LogP contribution in [0.3, 0.4) is 0 Å². The van der Waals surface area contributed by atoms with E-state index in [1.807, 2.05) is 30.2 Å². The average Bonchev–Trinajstić information content (AvgIpc) is 2.70. The third-order valence-electron chi connectivity index (χ3n) is 5.40. The van der Waals surface area contributed by atoms with Gasteiger partial charge >= 0.3 is 0 Å². The number of aromatic nitrogens is 1. The number of unbranched alkanes of at least 4 members (excludes halogenated alkanes) is 1. The van der Waals surface area contributed by atoms with Crippen LogP contribution < -0.4 is 5.73 Å². The van der Waals surface area contributed by atoms with E-state index in [0.717, 1.165) is 25.2 Å². The number of nitrogens with zero attached hydrogens (tertiary/aromatic N) is 1. The maximum Gasteiger partial charge on any atom is 0.0431 e. The fraction of sp³-hybridized carbons (Fsp3) is 0.500. The minimum absolute atomic E-state index is 0.278. The third-order valence-corrected chi connectivity index (χ3v) is 6.61. The molecule has 1 aromatic heterocycles. The van der Waals surface area contributed by atoms with Gasteiger partial charge in [-0.3, -0.25) is 4.98 Å². The van der Waals surface area contributed by atoms with E-state index in [-0.39, 0.29) is 6.61 Å². The van der Waals surface area contributed by atoms with Crippen molar-refractivity contribution in [2.75, 3.05) is 18.9 Å². The number of hydrogen-bond acceptors (Lipinski definition) is 4. The van der Waals surface area contributed by atoms with Gasteiger partial charge in [-0.25, -0.2) is 0 Å². The lowest BCUT2D eigenvalue weighted by Gasteiger charge is -2.26. The van der Waals surface area contributed by atoms with Crippen LogP contribution in [0.25, 0.3) is 0 Å². The molecular weight excluding hydrogens is 340 g/mol. The summed E-state index contributed by atoms with van der Waals surface area (Å²) < 4.78 is 0. The molecule has 1 aromatic carbocycles. The molecule has 3 nitrogen and oxygen atoms in total. The zero-order valence-electron chi connectivity index (χ0n) is 15.4. The van der Waals surface area contributed by atoms with E-state index >= 15 is 0 Å². The van der Waals surface area contributed by atoms with Crippen LogP contribution in [0.4, 0.5) is 0 Å². The van der Waals surface area contributed by atoms with Crippen LogP contribution in [0.5, 0.6) is 0 Å². The van der Waals surface area contributed by atoms with Gasteiger partial charge in [0.1, 0.15) is 0 Å². The molecule has 3 N–H and O–H groups in total. The van der Waals surface area contributed by atoms with E-state index < -0.39 is 0 Å². The van der Waals surface area contributed by atoms with Gasteiger partial charge in [0.25, 0.3) is 0 Å². The Morgan fingerprint density at radius 2 is 2.15 bits per heavy atom. The predicted molar refractivity (Wildman–Crippen MR) is 110 cm³/mol. The number of aliphatic hydroxyl groups is 1. The summed E-state index contributed by atoms with van der Waals surface area (Å²) in [6.45, 7) is 0.967. The van der Waals surface area contributed by atoms with E-state index in [1.54, 1.807) is 0 Å². The molecule has 0 saturated heterocycles. The summed E-state index contributed by atoms with van der Waals surface area (Å²) in [5.41, 5.74) is 10.4. The summed E-state index contributed by atoms with van der Waals surface area (Å²) in [6.07, 6.45) is 10.4. The molecule has 0 fully saturated rings. The van der Waals surface area contributed by atoms with Crippen molar-refractivity contribution in [2.45, 2.75) is 49.3 Å². The van der Waals surface area contributed by atoms with Crippen LogP contribution in [0.2, 0.25) is 0 Å². The Bertz CT molecular complexity index is 677. The van der Waals surface area contributed by atoms with Crippen LogP contribution in [-0.4, -0.2) is 29.0 Å². The second-order valence-electron chi connectivity index (χ2n) is 7.29. The number of nitrogens with two attached hydrogens (primary N) is 1. The van der Waals surface area contributed by atoms with Gasteiger partial charge in [-0.05, 0) is 79.3 Å². The van der Waals surface area contributed by atoms with Gasteiger partial charge in [0.2, 0.25) is 0 Å². The maximum absolute atomic E-state index is 8.99. The molecule has 4 heteroatoms. The van der Waals surface area contributed by atoms with Crippen LogP contribution in [-0.2, 0) is 12.8 Å². The molecule has 3 rings (SSSR count). The molecule has 0 spiro atoms. The first-order valence-electron chi connectivity index (χ1n) is 9.75. The number of thioether (sulfide) groups is 1. The van der Waals surface area contributed by atoms with Gasteiger partial charge < -0.3 is 10.8 Å². The van der Waals surface area contributed by atoms with Gasteiger partial charge in [-0.1, -0.05) is 24.6 Å². The summed E-state index contributed by atoms with van der Waals surface area (Å²) in [6, 6.07) is 11.2. The van der Waals surface area contributed by atoms with Crippen molar-refractivity contribution in [3.8, 4) is 0 Å². The highest BCUT2D eigenvalue weighted by Crippen LogP contribution is 2.32. The van der Waals surface area contributed by atoms with Crippen molar-refractivity contribution in [3.05, 3.63) is 59.4 Å². The van der Waals surface area contributed by atoms with Gasteiger partial charge in [0, 0.05) is 29.6 Å². The predicted octanol–water partition coefficient (Wildman–Crippen LogP) is 4.18. The van der Waals surface area contributed by atoms with Gasteiger partial charge in [0.15, 0.2) is 0 Å². The molecule has 0 saturated carbocycles. The summed E-state index contributed by atoms with van der Waals surface area (Å²) >= 11 is 1.93. The standard InChI is InChI=1S/C22H30N2OS/c23-14-21(4-1-2-11-25)20-9-8-18-12-17(6-7-19(18)13-20)16-26-22-5-3-10-24-15-22/h3,5,8-10,13,15,17,21,25H,1-2,4,6-7,11-12,14,16,23H2/t17-,21+/m1/s1. The van der Waals surface area contributed by atoms with E-state index in [9.17, 15) is 0 Å². The number of aryl methyl sites for hydroxylation is 1. The Morgan fingerprint density at radius 3 is 2.92 bits per heavy atom.